The van der Waals surface area contributed by atoms with Gasteiger partial charge < -0.3 is 16.0 Å². The second-order valence-corrected chi connectivity index (χ2v) is 6.88. The molecule has 2 heterocycles. The van der Waals surface area contributed by atoms with E-state index in [1.54, 1.807) is 15.6 Å². The minimum Gasteiger partial charge on any atom is -0.335 e. The van der Waals surface area contributed by atoms with Crippen LogP contribution in [0.15, 0.2) is 12.4 Å². The summed E-state index contributed by atoms with van der Waals surface area (Å²) in [6.45, 7) is 4.28. The summed E-state index contributed by atoms with van der Waals surface area (Å²) in [6.07, 6.45) is 8.59. The number of nitrogens with one attached hydrogen (secondary N) is 3. The summed E-state index contributed by atoms with van der Waals surface area (Å²) >= 11 is 0. The Balaban J connectivity index is 1.72. The van der Waals surface area contributed by atoms with E-state index in [4.69, 9.17) is 0 Å². The Morgan fingerprint density at radius 1 is 1.11 bits per heavy atom. The van der Waals surface area contributed by atoms with Crippen LogP contribution in [0.4, 0.5) is 16.2 Å². The number of hydrogen-bond acceptors (Lipinski definition) is 4. The molecule has 2 aromatic rings. The van der Waals surface area contributed by atoms with Crippen molar-refractivity contribution in [3.8, 4) is 0 Å². The van der Waals surface area contributed by atoms with Gasteiger partial charge in [0, 0.05) is 19.6 Å². The average molecular weight is 373 g/mol. The minimum atomic E-state index is -0.335. The van der Waals surface area contributed by atoms with Crippen molar-refractivity contribution < 1.29 is 9.59 Å². The number of urea groups is 1. The molecule has 0 aromatic carbocycles. The zero-order chi connectivity index (χ0) is 19.4. The first-order valence-corrected chi connectivity index (χ1v) is 9.42. The van der Waals surface area contributed by atoms with Gasteiger partial charge in [0.05, 0.1) is 29.5 Å². The molecule has 1 saturated carbocycles. The highest BCUT2D eigenvalue weighted by Crippen LogP contribution is 2.20. The minimum absolute atomic E-state index is 0.190. The molecule has 9 nitrogen and oxygen atoms in total. The Bertz CT molecular complexity index is 818. The summed E-state index contributed by atoms with van der Waals surface area (Å²) in [5.41, 5.74) is 2.18. The lowest BCUT2D eigenvalue weighted by Crippen LogP contribution is -2.39. The highest BCUT2D eigenvalue weighted by atomic mass is 16.2. The number of aromatic nitrogens is 4. The number of nitrogens with zero attached hydrogens (tertiary/aromatic N) is 4. The summed E-state index contributed by atoms with van der Waals surface area (Å²) in [6, 6.07) is -0.112. The number of anilines is 2. The zero-order valence-electron chi connectivity index (χ0n) is 16.1. The normalized spacial score (nSPS) is 14.8. The third-order valence-corrected chi connectivity index (χ3v) is 5.03. The average Bonchev–Trinajstić information content (AvgIpc) is 3.20. The van der Waals surface area contributed by atoms with Gasteiger partial charge in [-0.15, -0.1) is 0 Å². The lowest BCUT2D eigenvalue weighted by molar-refractivity contribution is 0.101. The summed E-state index contributed by atoms with van der Waals surface area (Å²) in [5, 5.41) is 17.0. The molecule has 0 unspecified atom stereocenters. The Morgan fingerprint density at radius 2 is 1.81 bits per heavy atom. The highest BCUT2D eigenvalue weighted by Gasteiger charge is 2.22. The number of amides is 3. The van der Waals surface area contributed by atoms with Crippen LogP contribution < -0.4 is 16.0 Å². The lowest BCUT2D eigenvalue weighted by Gasteiger charge is -2.22. The molecule has 0 saturated heterocycles. The smallest absolute Gasteiger partial charge is 0.319 e. The molecule has 3 amide bonds. The van der Waals surface area contributed by atoms with Gasteiger partial charge >= 0.3 is 6.03 Å². The van der Waals surface area contributed by atoms with Crippen molar-refractivity contribution in [2.75, 3.05) is 10.6 Å². The van der Waals surface area contributed by atoms with E-state index < -0.39 is 0 Å². The maximum absolute atomic E-state index is 12.8. The molecule has 3 N–H and O–H groups in total. The molecule has 0 atom stereocenters. The Kier molecular flexibility index (Phi) is 5.78. The van der Waals surface area contributed by atoms with Crippen molar-refractivity contribution in [3.05, 3.63) is 23.8 Å². The van der Waals surface area contributed by atoms with E-state index >= 15 is 0 Å². The maximum atomic E-state index is 12.8. The Morgan fingerprint density at radius 3 is 2.44 bits per heavy atom. The van der Waals surface area contributed by atoms with Crippen molar-refractivity contribution in [1.29, 1.82) is 0 Å². The number of carbonyl (C=O) groups excluding carboxylic acids is 2. The fourth-order valence-electron chi connectivity index (χ4n) is 3.35. The summed E-state index contributed by atoms with van der Waals surface area (Å²) in [4.78, 5) is 25.2. The van der Waals surface area contributed by atoms with E-state index in [9.17, 15) is 9.59 Å². The Hall–Kier alpha value is -2.84. The summed E-state index contributed by atoms with van der Waals surface area (Å²) in [5.74, 6) is -0.335. The van der Waals surface area contributed by atoms with Gasteiger partial charge in [-0.25, -0.2) is 4.79 Å². The van der Waals surface area contributed by atoms with Crippen molar-refractivity contribution in [2.24, 2.45) is 7.05 Å². The summed E-state index contributed by atoms with van der Waals surface area (Å²) in [7, 11) is 1.81. The van der Waals surface area contributed by atoms with Crippen LogP contribution in [0.3, 0.4) is 0 Å². The second kappa shape index (κ2) is 8.24. The number of carbonyl (C=O) groups is 2. The van der Waals surface area contributed by atoms with Crippen LogP contribution in [0.1, 0.15) is 55.2 Å². The van der Waals surface area contributed by atoms with E-state index in [0.717, 1.165) is 31.4 Å². The van der Waals surface area contributed by atoms with E-state index in [2.05, 4.69) is 26.1 Å². The van der Waals surface area contributed by atoms with Gasteiger partial charge in [-0.2, -0.15) is 10.2 Å². The second-order valence-electron chi connectivity index (χ2n) is 6.88. The third-order valence-electron chi connectivity index (χ3n) is 5.03. The Labute approximate surface area is 158 Å². The molecule has 9 heteroatoms. The van der Waals surface area contributed by atoms with Crippen molar-refractivity contribution >= 4 is 23.3 Å². The van der Waals surface area contributed by atoms with Crippen LogP contribution in [0.25, 0.3) is 0 Å². The van der Waals surface area contributed by atoms with Crippen LogP contribution in [-0.2, 0) is 13.6 Å². The fraction of sp³-hybridized carbons (Fsp3) is 0.556. The van der Waals surface area contributed by atoms with Crippen LogP contribution >= 0.6 is 0 Å². The first-order chi connectivity index (χ1) is 13.0. The summed E-state index contributed by atoms with van der Waals surface area (Å²) < 4.78 is 3.25. The van der Waals surface area contributed by atoms with Gasteiger partial charge in [0.25, 0.3) is 5.91 Å². The van der Waals surface area contributed by atoms with Gasteiger partial charge in [-0.05, 0) is 26.7 Å². The van der Waals surface area contributed by atoms with E-state index in [1.165, 1.54) is 12.6 Å². The first-order valence-electron chi connectivity index (χ1n) is 9.42. The monoisotopic (exact) mass is 373 g/mol. The zero-order valence-corrected chi connectivity index (χ0v) is 16.1. The molecule has 146 valence electrons. The van der Waals surface area contributed by atoms with Crippen molar-refractivity contribution in [2.45, 2.75) is 58.5 Å². The van der Waals surface area contributed by atoms with Gasteiger partial charge in [0.1, 0.15) is 5.69 Å². The predicted molar refractivity (Wildman–Crippen MR) is 103 cm³/mol. The van der Waals surface area contributed by atoms with Gasteiger partial charge in [-0.1, -0.05) is 19.3 Å². The first kappa shape index (κ1) is 18.9. The third kappa shape index (κ3) is 4.29. The molecular formula is C18H27N7O2. The molecule has 0 radical (unpaired) electrons. The molecule has 0 spiro atoms. The number of hydrogen-bond donors (Lipinski definition) is 3. The number of rotatable bonds is 5. The molecule has 0 bridgehead atoms. The van der Waals surface area contributed by atoms with Crippen molar-refractivity contribution in [3.63, 3.8) is 0 Å². The van der Waals surface area contributed by atoms with E-state index in [-0.39, 0.29) is 18.0 Å². The van der Waals surface area contributed by atoms with Crippen LogP contribution in [0, 0.1) is 6.92 Å². The highest BCUT2D eigenvalue weighted by molar-refractivity contribution is 6.08. The standard InChI is InChI=1S/C18H27N7O2/c1-4-25-16(17(26)22-14-10-19-24(3)12(14)2)15(11-20-25)23-18(27)21-13-8-6-5-7-9-13/h10-11,13H,4-9H2,1-3H3,(H,22,26)(H2,21,23,27). The fourth-order valence-corrected chi connectivity index (χ4v) is 3.35. The van der Waals surface area contributed by atoms with Crippen LogP contribution in [0.2, 0.25) is 0 Å². The van der Waals surface area contributed by atoms with Crippen LogP contribution in [-0.4, -0.2) is 37.5 Å². The van der Waals surface area contributed by atoms with Crippen LogP contribution in [0.5, 0.6) is 0 Å². The quantitative estimate of drug-likeness (QED) is 0.749. The largest absolute Gasteiger partial charge is 0.335 e. The predicted octanol–water partition coefficient (Wildman–Crippen LogP) is 2.65. The molecule has 3 rings (SSSR count). The van der Waals surface area contributed by atoms with E-state index in [1.807, 2.05) is 20.9 Å². The number of aryl methyl sites for hydroxylation is 2. The molecule has 1 fully saturated rings. The molecular weight excluding hydrogens is 346 g/mol. The topological polar surface area (TPSA) is 106 Å². The van der Waals surface area contributed by atoms with Gasteiger partial charge in [0.2, 0.25) is 0 Å². The maximum Gasteiger partial charge on any atom is 0.319 e. The molecule has 0 aliphatic heterocycles. The lowest BCUT2D eigenvalue weighted by atomic mass is 9.96. The van der Waals surface area contributed by atoms with Crippen molar-refractivity contribution in [1.82, 2.24) is 24.9 Å². The molecule has 1 aliphatic rings. The molecule has 27 heavy (non-hydrogen) atoms. The SMILES string of the molecule is CCn1ncc(NC(=O)NC2CCCCC2)c1C(=O)Nc1cnn(C)c1C. The molecule has 1 aliphatic carbocycles. The van der Waals surface area contributed by atoms with Gasteiger partial charge in [-0.3, -0.25) is 14.2 Å². The molecule has 2 aromatic heterocycles. The van der Waals surface area contributed by atoms with Gasteiger partial charge in [0.15, 0.2) is 0 Å². The van der Waals surface area contributed by atoms with E-state index in [0.29, 0.717) is 23.6 Å².